The second-order valence-electron chi connectivity index (χ2n) is 14.2. The van der Waals surface area contributed by atoms with Crippen molar-refractivity contribution in [2.24, 2.45) is 5.92 Å². The van der Waals surface area contributed by atoms with Crippen LogP contribution in [0.15, 0.2) is 42.9 Å². The van der Waals surface area contributed by atoms with E-state index in [1.54, 1.807) is 31.9 Å². The van der Waals surface area contributed by atoms with Gasteiger partial charge in [0.1, 0.15) is 17.7 Å². The molecule has 2 rings (SSSR count). The third-order valence-corrected chi connectivity index (χ3v) is 7.96. The number of aromatic nitrogens is 2. The first kappa shape index (κ1) is 41.2. The number of ether oxygens (including phenoxy) is 1. The average molecular weight is 685 g/mol. The molecular weight excluding hydrogens is 624 g/mol. The number of hydrogen-bond acceptors (Lipinski definition) is 7. The first-order valence-corrected chi connectivity index (χ1v) is 17.8. The van der Waals surface area contributed by atoms with Gasteiger partial charge in [0.2, 0.25) is 17.7 Å². The highest BCUT2D eigenvalue weighted by Gasteiger charge is 2.32. The van der Waals surface area contributed by atoms with Crippen LogP contribution in [0.5, 0.6) is 0 Å². The standard InChI is InChI=1S/C37H60N6O6/c1-8-10-15-19-43(33(45)18-11-9-2)24-32(44)29(20-26(3)4)40-35(47)31(22-28-23-38-25-39-28)41-34(46)30(21-27-16-13-12-14-17-27)42-36(48)49-37(5,6)7/h12-14,16-17,23,25-26,29-32,44H,8-11,15,18-22,24H2,1-7H3,(H,38,39)(H,40,47)(H,41,46)(H,42,48)/t29-,30-,31-,32?/m0/s1. The molecule has 0 saturated carbocycles. The largest absolute Gasteiger partial charge is 0.444 e. The van der Waals surface area contributed by atoms with Crippen LogP contribution < -0.4 is 16.0 Å². The van der Waals surface area contributed by atoms with Crippen molar-refractivity contribution in [1.82, 2.24) is 30.8 Å². The van der Waals surface area contributed by atoms with Crippen molar-refractivity contribution in [2.75, 3.05) is 13.1 Å². The van der Waals surface area contributed by atoms with Crippen LogP contribution in [0.25, 0.3) is 0 Å². The molecule has 0 bridgehead atoms. The van der Waals surface area contributed by atoms with E-state index in [0.29, 0.717) is 25.1 Å². The predicted molar refractivity (Wildman–Crippen MR) is 191 cm³/mol. The number of unbranched alkanes of at least 4 members (excludes halogenated alkanes) is 3. The molecule has 49 heavy (non-hydrogen) atoms. The Morgan fingerprint density at radius 1 is 0.918 bits per heavy atom. The third-order valence-electron chi connectivity index (χ3n) is 7.96. The molecule has 0 aliphatic rings. The molecule has 0 saturated heterocycles. The fourth-order valence-electron chi connectivity index (χ4n) is 5.42. The van der Waals surface area contributed by atoms with Crippen molar-refractivity contribution < 1.29 is 29.0 Å². The van der Waals surface area contributed by atoms with E-state index in [0.717, 1.165) is 37.7 Å². The van der Waals surface area contributed by atoms with E-state index in [1.165, 1.54) is 6.33 Å². The number of nitrogens with one attached hydrogen (secondary N) is 4. The molecular formula is C37H60N6O6. The smallest absolute Gasteiger partial charge is 0.408 e. The highest BCUT2D eigenvalue weighted by atomic mass is 16.6. The number of benzene rings is 1. The van der Waals surface area contributed by atoms with Gasteiger partial charge in [-0.15, -0.1) is 0 Å². The molecule has 0 aliphatic carbocycles. The predicted octanol–water partition coefficient (Wildman–Crippen LogP) is 4.67. The van der Waals surface area contributed by atoms with Gasteiger partial charge in [0.25, 0.3) is 0 Å². The SMILES string of the molecule is CCCCCN(CC(O)[C@H](CC(C)C)NC(=O)[C@H](Cc1cnc[nH]1)NC(=O)[C@H](Cc1ccccc1)NC(=O)OC(C)(C)C)C(=O)CCCC. The molecule has 0 fully saturated rings. The summed E-state index contributed by atoms with van der Waals surface area (Å²) in [5.41, 5.74) is 0.648. The van der Waals surface area contributed by atoms with Crippen molar-refractivity contribution in [3.05, 3.63) is 54.1 Å². The molecule has 12 nitrogen and oxygen atoms in total. The molecule has 274 valence electrons. The maximum atomic E-state index is 14.0. The third kappa shape index (κ3) is 16.3. The van der Waals surface area contributed by atoms with Crippen molar-refractivity contribution in [2.45, 2.75) is 136 Å². The number of imidazole rings is 1. The zero-order chi connectivity index (χ0) is 36.4. The second kappa shape index (κ2) is 21.2. The molecule has 12 heteroatoms. The summed E-state index contributed by atoms with van der Waals surface area (Å²) >= 11 is 0. The van der Waals surface area contributed by atoms with Crippen LogP contribution in [0.3, 0.4) is 0 Å². The number of aliphatic hydroxyl groups excluding tert-OH is 1. The monoisotopic (exact) mass is 684 g/mol. The minimum Gasteiger partial charge on any atom is -0.444 e. The van der Waals surface area contributed by atoms with Crippen LogP contribution in [0.2, 0.25) is 0 Å². The fraction of sp³-hybridized carbons (Fsp3) is 0.649. The van der Waals surface area contributed by atoms with Gasteiger partial charge in [-0.25, -0.2) is 9.78 Å². The summed E-state index contributed by atoms with van der Waals surface area (Å²) in [7, 11) is 0. The zero-order valence-corrected chi connectivity index (χ0v) is 30.6. The Morgan fingerprint density at radius 3 is 2.16 bits per heavy atom. The van der Waals surface area contributed by atoms with Crippen LogP contribution >= 0.6 is 0 Å². The van der Waals surface area contributed by atoms with Crippen LogP contribution in [0, 0.1) is 5.92 Å². The second-order valence-corrected chi connectivity index (χ2v) is 14.2. The van der Waals surface area contributed by atoms with E-state index >= 15 is 0 Å². The van der Waals surface area contributed by atoms with Gasteiger partial charge in [-0.2, -0.15) is 0 Å². The first-order valence-electron chi connectivity index (χ1n) is 17.8. The Kier molecular flexibility index (Phi) is 17.9. The quantitative estimate of drug-likeness (QED) is 0.119. The minimum absolute atomic E-state index is 0.00189. The molecule has 0 spiro atoms. The van der Waals surface area contributed by atoms with E-state index in [4.69, 9.17) is 4.74 Å². The molecule has 1 unspecified atom stereocenters. The Hall–Kier alpha value is -3.93. The van der Waals surface area contributed by atoms with Crippen molar-refractivity contribution in [3.63, 3.8) is 0 Å². The number of nitrogens with zero attached hydrogens (tertiary/aromatic N) is 2. The average Bonchev–Trinajstić information content (AvgIpc) is 3.54. The van der Waals surface area contributed by atoms with E-state index in [1.807, 2.05) is 51.1 Å². The lowest BCUT2D eigenvalue weighted by Gasteiger charge is -2.32. The van der Waals surface area contributed by atoms with Gasteiger partial charge in [-0.3, -0.25) is 14.4 Å². The number of carbonyl (C=O) groups is 4. The molecule has 4 amide bonds. The highest BCUT2D eigenvalue weighted by molar-refractivity contribution is 5.91. The minimum atomic E-state index is -1.07. The number of alkyl carbamates (subject to hydrolysis) is 1. The number of H-pyrrole nitrogens is 1. The number of carbonyl (C=O) groups excluding carboxylic acids is 4. The number of aliphatic hydroxyl groups is 1. The Bertz CT molecular complexity index is 1260. The number of rotatable bonds is 21. The molecule has 5 N–H and O–H groups in total. The Labute approximate surface area is 292 Å². The van der Waals surface area contributed by atoms with Crippen molar-refractivity contribution in [3.8, 4) is 0 Å². The zero-order valence-electron chi connectivity index (χ0n) is 30.6. The lowest BCUT2D eigenvalue weighted by atomic mass is 9.97. The van der Waals surface area contributed by atoms with Gasteiger partial charge < -0.3 is 35.7 Å². The summed E-state index contributed by atoms with van der Waals surface area (Å²) in [6.07, 6.45) is 6.89. The number of amides is 4. The van der Waals surface area contributed by atoms with Gasteiger partial charge in [0, 0.05) is 44.2 Å². The molecule has 1 aromatic carbocycles. The lowest BCUT2D eigenvalue weighted by Crippen LogP contribution is -2.58. The van der Waals surface area contributed by atoms with Crippen molar-refractivity contribution >= 4 is 23.8 Å². The van der Waals surface area contributed by atoms with Gasteiger partial charge in [-0.1, -0.05) is 77.3 Å². The molecule has 0 radical (unpaired) electrons. The van der Waals surface area contributed by atoms with E-state index < -0.39 is 47.7 Å². The van der Waals surface area contributed by atoms with Crippen LogP contribution in [-0.4, -0.2) is 86.7 Å². The first-order chi connectivity index (χ1) is 23.2. The van der Waals surface area contributed by atoms with E-state index in [-0.39, 0.29) is 31.2 Å². The maximum Gasteiger partial charge on any atom is 0.408 e. The number of hydrogen-bond donors (Lipinski definition) is 5. The summed E-state index contributed by atoms with van der Waals surface area (Å²) in [4.78, 5) is 62.5. The fourth-order valence-corrected chi connectivity index (χ4v) is 5.42. The Morgan fingerprint density at radius 2 is 1.57 bits per heavy atom. The van der Waals surface area contributed by atoms with E-state index in [2.05, 4.69) is 32.8 Å². The van der Waals surface area contributed by atoms with Crippen molar-refractivity contribution in [1.29, 1.82) is 0 Å². The van der Waals surface area contributed by atoms with Crippen LogP contribution in [-0.2, 0) is 32.0 Å². The molecule has 1 aromatic heterocycles. The molecule has 4 atom stereocenters. The summed E-state index contributed by atoms with van der Waals surface area (Å²) in [5.74, 6) is -0.951. The molecule has 1 heterocycles. The van der Waals surface area contributed by atoms with Crippen LogP contribution in [0.1, 0.15) is 105 Å². The van der Waals surface area contributed by atoms with E-state index in [9.17, 15) is 24.3 Å². The van der Waals surface area contributed by atoms with Gasteiger partial charge in [-0.05, 0) is 51.5 Å². The van der Waals surface area contributed by atoms with Crippen LogP contribution in [0.4, 0.5) is 4.79 Å². The maximum absolute atomic E-state index is 14.0. The summed E-state index contributed by atoms with van der Waals surface area (Å²) in [6, 6.07) is 6.45. The topological polar surface area (TPSA) is 166 Å². The Balaban J connectivity index is 2.31. The molecule has 0 aliphatic heterocycles. The summed E-state index contributed by atoms with van der Waals surface area (Å²) in [6.45, 7) is 14.0. The highest BCUT2D eigenvalue weighted by Crippen LogP contribution is 2.14. The van der Waals surface area contributed by atoms with Gasteiger partial charge in [0.15, 0.2) is 0 Å². The van der Waals surface area contributed by atoms with Gasteiger partial charge >= 0.3 is 6.09 Å². The summed E-state index contributed by atoms with van der Waals surface area (Å²) < 4.78 is 5.43. The normalized spacial score (nSPS) is 14.0. The summed E-state index contributed by atoms with van der Waals surface area (Å²) in [5, 5.41) is 20.0. The van der Waals surface area contributed by atoms with Gasteiger partial charge in [0.05, 0.1) is 18.5 Å². The molecule has 2 aromatic rings. The number of aromatic amines is 1. The lowest BCUT2D eigenvalue weighted by molar-refractivity contribution is -0.134.